The topological polar surface area (TPSA) is 58.1 Å². The van der Waals surface area contributed by atoms with Crippen molar-refractivity contribution < 1.29 is 9.47 Å². The minimum atomic E-state index is 0. The average Bonchev–Trinajstić information content (AvgIpc) is 3.21. The second-order valence-electron chi connectivity index (χ2n) is 6.74. The van der Waals surface area contributed by atoms with Crippen molar-refractivity contribution in [2.75, 3.05) is 53.1 Å². The summed E-state index contributed by atoms with van der Waals surface area (Å²) in [5.74, 6) is 1.35. The molecule has 2 heterocycles. The van der Waals surface area contributed by atoms with Crippen LogP contribution in [0.5, 0.6) is 0 Å². The van der Waals surface area contributed by atoms with Gasteiger partial charge in [-0.1, -0.05) is 29.8 Å². The second-order valence-corrected chi connectivity index (χ2v) is 7.14. The van der Waals surface area contributed by atoms with E-state index in [-0.39, 0.29) is 24.0 Å². The van der Waals surface area contributed by atoms with Crippen LogP contribution in [0.15, 0.2) is 29.3 Å². The fourth-order valence-corrected chi connectivity index (χ4v) is 3.80. The number of rotatable bonds is 6. The Morgan fingerprint density at radius 3 is 2.67 bits per heavy atom. The van der Waals surface area contributed by atoms with Crippen molar-refractivity contribution in [2.45, 2.75) is 19.0 Å². The third-order valence-corrected chi connectivity index (χ3v) is 5.50. The Balaban J connectivity index is 0.00000261. The molecule has 0 spiro atoms. The minimum Gasteiger partial charge on any atom is -0.381 e. The molecular weight excluding hydrogens is 479 g/mol. The Morgan fingerprint density at radius 2 is 2.00 bits per heavy atom. The van der Waals surface area contributed by atoms with Crippen LogP contribution in [0.25, 0.3) is 0 Å². The van der Waals surface area contributed by atoms with E-state index in [1.54, 1.807) is 7.05 Å². The van der Waals surface area contributed by atoms with E-state index in [2.05, 4.69) is 20.5 Å². The highest BCUT2D eigenvalue weighted by Crippen LogP contribution is 2.22. The van der Waals surface area contributed by atoms with Crippen LogP contribution in [0.2, 0.25) is 5.02 Å². The lowest BCUT2D eigenvalue weighted by Gasteiger charge is -2.37. The predicted octanol–water partition coefficient (Wildman–Crippen LogP) is 2.36. The van der Waals surface area contributed by atoms with Gasteiger partial charge in [0, 0.05) is 56.8 Å². The lowest BCUT2D eigenvalue weighted by molar-refractivity contribution is 0.00246. The Kier molecular flexibility index (Phi) is 10.1. The second kappa shape index (κ2) is 12.1. The largest absolute Gasteiger partial charge is 0.381 e. The maximum absolute atomic E-state index is 6.23. The predicted molar refractivity (Wildman–Crippen MR) is 120 cm³/mol. The summed E-state index contributed by atoms with van der Waals surface area (Å²) in [5, 5.41) is 7.61. The number of hydrogen-bond acceptors (Lipinski definition) is 4. The Labute approximate surface area is 184 Å². The number of nitrogens with zero attached hydrogens (tertiary/aromatic N) is 2. The summed E-state index contributed by atoms with van der Waals surface area (Å²) in [6.07, 6.45) is 1.12. The molecule has 2 aliphatic heterocycles. The van der Waals surface area contributed by atoms with E-state index in [9.17, 15) is 0 Å². The number of aliphatic imine (C=N–C) groups is 1. The van der Waals surface area contributed by atoms with Crippen molar-refractivity contribution in [2.24, 2.45) is 10.9 Å². The molecule has 0 aromatic heterocycles. The molecule has 2 atom stereocenters. The molecule has 0 bridgehead atoms. The molecule has 2 saturated heterocycles. The van der Waals surface area contributed by atoms with Crippen LogP contribution in [-0.4, -0.2) is 70.0 Å². The standard InChI is InChI=1S/C19H29ClN4O2.HI/c1-21-19(22-12-15-4-2-3-5-17(15)20)23-13-18(16-6-9-26-14-16)24-7-10-25-11-8-24;/h2-5,16,18H,6-14H2,1H3,(H2,21,22,23);1H. The number of morpholine rings is 1. The zero-order chi connectivity index (χ0) is 18.2. The molecule has 0 amide bonds. The Morgan fingerprint density at radius 1 is 1.22 bits per heavy atom. The highest BCUT2D eigenvalue weighted by atomic mass is 127. The van der Waals surface area contributed by atoms with Crippen molar-refractivity contribution in [3.05, 3.63) is 34.9 Å². The first-order valence-corrected chi connectivity index (χ1v) is 9.73. The highest BCUT2D eigenvalue weighted by Gasteiger charge is 2.31. The van der Waals surface area contributed by atoms with Gasteiger partial charge in [0.25, 0.3) is 0 Å². The van der Waals surface area contributed by atoms with Gasteiger partial charge in [-0.25, -0.2) is 0 Å². The van der Waals surface area contributed by atoms with Crippen LogP contribution in [0.4, 0.5) is 0 Å². The van der Waals surface area contributed by atoms with Gasteiger partial charge in [0.1, 0.15) is 0 Å². The van der Waals surface area contributed by atoms with Crippen molar-refractivity contribution in [1.29, 1.82) is 0 Å². The van der Waals surface area contributed by atoms with Gasteiger partial charge >= 0.3 is 0 Å². The third-order valence-electron chi connectivity index (χ3n) is 5.13. The van der Waals surface area contributed by atoms with E-state index in [4.69, 9.17) is 21.1 Å². The van der Waals surface area contributed by atoms with Crippen LogP contribution in [-0.2, 0) is 16.0 Å². The number of ether oxygens (including phenoxy) is 2. The Bertz CT molecular complexity index is 593. The third kappa shape index (κ3) is 6.74. The van der Waals surface area contributed by atoms with E-state index in [0.29, 0.717) is 18.5 Å². The molecule has 1 aromatic carbocycles. The molecule has 0 aliphatic carbocycles. The van der Waals surface area contributed by atoms with Gasteiger partial charge in [-0.05, 0) is 18.1 Å². The lowest BCUT2D eigenvalue weighted by atomic mass is 9.97. The maximum Gasteiger partial charge on any atom is 0.191 e. The van der Waals surface area contributed by atoms with Crippen molar-refractivity contribution in [3.8, 4) is 0 Å². The van der Waals surface area contributed by atoms with Crippen LogP contribution < -0.4 is 10.6 Å². The van der Waals surface area contributed by atoms with Crippen LogP contribution in [0.1, 0.15) is 12.0 Å². The average molecular weight is 509 g/mol. The molecule has 2 unspecified atom stereocenters. The van der Waals surface area contributed by atoms with Gasteiger partial charge in [0.15, 0.2) is 5.96 Å². The molecule has 27 heavy (non-hydrogen) atoms. The van der Waals surface area contributed by atoms with Gasteiger partial charge < -0.3 is 20.1 Å². The van der Waals surface area contributed by atoms with E-state index >= 15 is 0 Å². The van der Waals surface area contributed by atoms with E-state index < -0.39 is 0 Å². The SMILES string of the molecule is CN=C(NCc1ccccc1Cl)NCC(C1CCOC1)N1CCOCC1.I. The van der Waals surface area contributed by atoms with Crippen molar-refractivity contribution in [3.63, 3.8) is 0 Å². The number of benzene rings is 1. The van der Waals surface area contributed by atoms with Gasteiger partial charge in [-0.2, -0.15) is 0 Å². The summed E-state index contributed by atoms with van der Waals surface area (Å²) in [7, 11) is 1.80. The number of guanidine groups is 1. The van der Waals surface area contributed by atoms with Crippen LogP contribution in [0, 0.1) is 5.92 Å². The van der Waals surface area contributed by atoms with Crippen LogP contribution >= 0.6 is 35.6 Å². The summed E-state index contributed by atoms with van der Waals surface area (Å²) >= 11 is 6.23. The molecule has 152 valence electrons. The van der Waals surface area contributed by atoms with E-state index in [1.165, 1.54) is 0 Å². The van der Waals surface area contributed by atoms with Crippen LogP contribution in [0.3, 0.4) is 0 Å². The molecule has 2 N–H and O–H groups in total. The zero-order valence-corrected chi connectivity index (χ0v) is 18.9. The maximum atomic E-state index is 6.23. The molecule has 8 heteroatoms. The molecular formula is C19H30ClIN4O2. The molecule has 0 radical (unpaired) electrons. The highest BCUT2D eigenvalue weighted by molar-refractivity contribution is 14.0. The summed E-state index contributed by atoms with van der Waals surface area (Å²) in [5.41, 5.74) is 1.06. The molecule has 2 fully saturated rings. The van der Waals surface area contributed by atoms with E-state index in [0.717, 1.165) is 69.0 Å². The lowest BCUT2D eigenvalue weighted by Crippen LogP contribution is -2.53. The van der Waals surface area contributed by atoms with Gasteiger partial charge in [-0.3, -0.25) is 9.89 Å². The smallest absolute Gasteiger partial charge is 0.191 e. The molecule has 6 nitrogen and oxygen atoms in total. The normalized spacial score (nSPS) is 22.1. The first-order valence-electron chi connectivity index (χ1n) is 9.35. The fourth-order valence-electron chi connectivity index (χ4n) is 3.60. The number of halogens is 2. The first-order chi connectivity index (χ1) is 12.8. The molecule has 2 aliphatic rings. The fraction of sp³-hybridized carbons (Fsp3) is 0.632. The summed E-state index contributed by atoms with van der Waals surface area (Å²) in [6.45, 7) is 6.78. The monoisotopic (exact) mass is 508 g/mol. The van der Waals surface area contributed by atoms with Gasteiger partial charge in [0.2, 0.25) is 0 Å². The molecule has 0 saturated carbocycles. The Hall–Kier alpha value is -0.610. The van der Waals surface area contributed by atoms with Crippen molar-refractivity contribution >= 4 is 41.5 Å². The van der Waals surface area contributed by atoms with E-state index in [1.807, 2.05) is 24.3 Å². The minimum absolute atomic E-state index is 0. The van der Waals surface area contributed by atoms with Gasteiger partial charge in [-0.15, -0.1) is 24.0 Å². The number of nitrogens with one attached hydrogen (secondary N) is 2. The quantitative estimate of drug-likeness (QED) is 0.351. The molecule has 3 rings (SSSR count). The van der Waals surface area contributed by atoms with Gasteiger partial charge in [0.05, 0.1) is 19.8 Å². The summed E-state index contributed by atoms with van der Waals surface area (Å²) in [6, 6.07) is 8.29. The summed E-state index contributed by atoms with van der Waals surface area (Å²) < 4.78 is 11.2. The first kappa shape index (κ1) is 22.7. The van der Waals surface area contributed by atoms with Crippen molar-refractivity contribution in [1.82, 2.24) is 15.5 Å². The summed E-state index contributed by atoms with van der Waals surface area (Å²) in [4.78, 5) is 6.88. The molecule has 1 aromatic rings. The zero-order valence-electron chi connectivity index (χ0n) is 15.8. The number of hydrogen-bond donors (Lipinski definition) is 2.